The fraction of sp³-hybridized carbons (Fsp3) is 0.136. The van der Waals surface area contributed by atoms with Crippen molar-refractivity contribution >= 4 is 16.9 Å². The van der Waals surface area contributed by atoms with Crippen LogP contribution < -0.4 is 5.56 Å². The molecule has 4 aromatic rings. The van der Waals surface area contributed by atoms with Gasteiger partial charge in [0.1, 0.15) is 12.4 Å². The molecule has 6 nitrogen and oxygen atoms in total. The van der Waals surface area contributed by atoms with Gasteiger partial charge < -0.3 is 9.67 Å². The topological polar surface area (TPSA) is 77.1 Å². The minimum Gasteiger partial charge on any atom is -0.480 e. The summed E-state index contributed by atoms with van der Waals surface area (Å²) in [5, 5.41) is 14.7. The van der Waals surface area contributed by atoms with Crippen LogP contribution in [0.25, 0.3) is 22.2 Å². The van der Waals surface area contributed by atoms with Crippen molar-refractivity contribution in [1.29, 1.82) is 0 Å². The molecule has 0 aliphatic carbocycles. The molecule has 0 bridgehead atoms. The van der Waals surface area contributed by atoms with Crippen LogP contribution in [0.4, 0.5) is 4.39 Å². The Balaban J connectivity index is 1.84. The van der Waals surface area contributed by atoms with Crippen LogP contribution in [0.1, 0.15) is 11.3 Å². The van der Waals surface area contributed by atoms with Gasteiger partial charge in [-0.05, 0) is 36.8 Å². The molecular weight excluding hydrogens is 373 g/mol. The van der Waals surface area contributed by atoms with E-state index < -0.39 is 5.97 Å². The van der Waals surface area contributed by atoms with Crippen LogP contribution in [-0.4, -0.2) is 25.4 Å². The van der Waals surface area contributed by atoms with Gasteiger partial charge >= 0.3 is 5.97 Å². The molecule has 2 aromatic heterocycles. The third-order valence-electron chi connectivity index (χ3n) is 4.89. The highest BCUT2D eigenvalue weighted by molar-refractivity contribution is 5.97. The Kier molecular flexibility index (Phi) is 4.72. The van der Waals surface area contributed by atoms with Gasteiger partial charge in [0.15, 0.2) is 0 Å². The number of rotatable bonds is 5. The first kappa shape index (κ1) is 18.6. The van der Waals surface area contributed by atoms with E-state index >= 15 is 0 Å². The number of carboxylic acid groups (broad SMARTS) is 1. The standard InChI is InChI=1S/C22H18FN3O3/c1-14-22(17-4-2-3-5-19(17)25(14)13-21(28)29)18-10-11-20(27)26(24-18)12-15-6-8-16(23)9-7-15/h2-11H,12-13H2,1H3,(H,28,29). The van der Waals surface area contributed by atoms with E-state index in [1.807, 2.05) is 31.2 Å². The Morgan fingerprint density at radius 1 is 1.07 bits per heavy atom. The predicted molar refractivity (Wildman–Crippen MR) is 107 cm³/mol. The molecule has 0 saturated heterocycles. The highest BCUT2D eigenvalue weighted by atomic mass is 19.1. The summed E-state index contributed by atoms with van der Waals surface area (Å²) in [6.45, 7) is 1.89. The zero-order chi connectivity index (χ0) is 20.5. The van der Waals surface area contributed by atoms with E-state index in [0.29, 0.717) is 5.69 Å². The second-order valence-corrected chi connectivity index (χ2v) is 6.80. The van der Waals surface area contributed by atoms with Gasteiger partial charge in [-0.3, -0.25) is 9.59 Å². The van der Waals surface area contributed by atoms with Gasteiger partial charge in [-0.25, -0.2) is 9.07 Å². The predicted octanol–water partition coefficient (Wildman–Crippen LogP) is 3.45. The molecule has 0 fully saturated rings. The Morgan fingerprint density at radius 2 is 1.79 bits per heavy atom. The quantitative estimate of drug-likeness (QED) is 0.565. The summed E-state index contributed by atoms with van der Waals surface area (Å²) < 4.78 is 16.2. The van der Waals surface area contributed by atoms with Gasteiger partial charge in [-0.2, -0.15) is 5.10 Å². The highest BCUT2D eigenvalue weighted by Gasteiger charge is 2.18. The molecule has 0 aliphatic heterocycles. The number of halogens is 1. The third-order valence-corrected chi connectivity index (χ3v) is 4.89. The second-order valence-electron chi connectivity index (χ2n) is 6.80. The van der Waals surface area contributed by atoms with E-state index in [4.69, 9.17) is 0 Å². The maximum atomic E-state index is 13.1. The van der Waals surface area contributed by atoms with Crippen LogP contribution in [0.15, 0.2) is 65.5 Å². The van der Waals surface area contributed by atoms with Crippen LogP contribution in [-0.2, 0) is 17.9 Å². The summed E-state index contributed by atoms with van der Waals surface area (Å²) >= 11 is 0. The summed E-state index contributed by atoms with van der Waals surface area (Å²) in [6.07, 6.45) is 0. The Hall–Kier alpha value is -3.74. The maximum Gasteiger partial charge on any atom is 0.323 e. The first-order valence-electron chi connectivity index (χ1n) is 9.06. The van der Waals surface area contributed by atoms with Gasteiger partial charge in [0.05, 0.1) is 12.2 Å². The number of para-hydroxylation sites is 1. The van der Waals surface area contributed by atoms with Crippen LogP contribution in [0.3, 0.4) is 0 Å². The number of benzene rings is 2. The molecule has 0 atom stereocenters. The number of fused-ring (bicyclic) bond motifs is 1. The number of hydrogen-bond acceptors (Lipinski definition) is 3. The van der Waals surface area contributed by atoms with Crippen molar-refractivity contribution in [3.8, 4) is 11.3 Å². The Morgan fingerprint density at radius 3 is 2.52 bits per heavy atom. The smallest absolute Gasteiger partial charge is 0.323 e. The van der Waals surface area contributed by atoms with Gasteiger partial charge in [0.25, 0.3) is 5.56 Å². The molecule has 0 amide bonds. The number of aromatic nitrogens is 3. The van der Waals surface area contributed by atoms with Crippen molar-refractivity contribution in [3.63, 3.8) is 0 Å². The number of nitrogens with zero attached hydrogens (tertiary/aromatic N) is 3. The molecule has 2 aromatic carbocycles. The molecule has 146 valence electrons. The molecule has 4 rings (SSSR count). The Bertz CT molecular complexity index is 1270. The van der Waals surface area contributed by atoms with E-state index in [0.717, 1.165) is 27.7 Å². The number of carbonyl (C=O) groups is 1. The molecule has 0 aliphatic rings. The SMILES string of the molecule is Cc1c(-c2ccc(=O)n(Cc3ccc(F)cc3)n2)c2ccccc2n1CC(=O)O. The van der Waals surface area contributed by atoms with Gasteiger partial charge in [-0.15, -0.1) is 0 Å². The molecule has 0 radical (unpaired) electrons. The molecule has 0 saturated carbocycles. The Labute approximate surface area is 165 Å². The van der Waals surface area contributed by atoms with Crippen molar-refractivity contribution in [2.45, 2.75) is 20.0 Å². The lowest BCUT2D eigenvalue weighted by Gasteiger charge is -2.09. The number of hydrogen-bond donors (Lipinski definition) is 1. The highest BCUT2D eigenvalue weighted by Crippen LogP contribution is 2.33. The van der Waals surface area contributed by atoms with E-state index in [1.165, 1.54) is 22.9 Å². The lowest BCUT2D eigenvalue weighted by molar-refractivity contribution is -0.137. The molecule has 2 heterocycles. The molecule has 1 N–H and O–H groups in total. The monoisotopic (exact) mass is 391 g/mol. The summed E-state index contributed by atoms with van der Waals surface area (Å²) in [6, 6.07) is 16.5. The van der Waals surface area contributed by atoms with Crippen LogP contribution >= 0.6 is 0 Å². The lowest BCUT2D eigenvalue weighted by Crippen LogP contribution is -2.23. The molecule has 29 heavy (non-hydrogen) atoms. The molecule has 0 unspecified atom stereocenters. The van der Waals surface area contributed by atoms with Crippen LogP contribution in [0, 0.1) is 12.7 Å². The van der Waals surface area contributed by atoms with Crippen molar-refractivity contribution in [1.82, 2.24) is 14.3 Å². The van der Waals surface area contributed by atoms with Crippen LogP contribution in [0.5, 0.6) is 0 Å². The average molecular weight is 391 g/mol. The van der Waals surface area contributed by atoms with Crippen LogP contribution in [0.2, 0.25) is 0 Å². The number of carboxylic acids is 1. The fourth-order valence-corrected chi connectivity index (χ4v) is 3.55. The van der Waals surface area contributed by atoms with Crippen molar-refractivity contribution in [3.05, 3.63) is 88.1 Å². The first-order chi connectivity index (χ1) is 13.9. The van der Waals surface area contributed by atoms with E-state index in [1.54, 1.807) is 22.8 Å². The average Bonchev–Trinajstić information content (AvgIpc) is 2.97. The largest absolute Gasteiger partial charge is 0.480 e. The fourth-order valence-electron chi connectivity index (χ4n) is 3.55. The third kappa shape index (κ3) is 3.54. The van der Waals surface area contributed by atoms with Crippen molar-refractivity contribution in [2.75, 3.05) is 0 Å². The molecule has 7 heteroatoms. The maximum absolute atomic E-state index is 13.1. The summed E-state index contributed by atoms with van der Waals surface area (Å²) in [5.74, 6) is -1.28. The van der Waals surface area contributed by atoms with Gasteiger partial charge in [-0.1, -0.05) is 30.3 Å². The first-order valence-corrected chi connectivity index (χ1v) is 9.06. The minimum absolute atomic E-state index is 0.165. The van der Waals surface area contributed by atoms with Crippen molar-refractivity contribution < 1.29 is 14.3 Å². The van der Waals surface area contributed by atoms with Gasteiger partial charge in [0, 0.05) is 28.2 Å². The second kappa shape index (κ2) is 7.35. The minimum atomic E-state index is -0.936. The number of aliphatic carboxylic acids is 1. The van der Waals surface area contributed by atoms with E-state index in [9.17, 15) is 19.1 Å². The lowest BCUT2D eigenvalue weighted by atomic mass is 10.1. The zero-order valence-corrected chi connectivity index (χ0v) is 15.7. The normalized spacial score (nSPS) is 11.1. The van der Waals surface area contributed by atoms with E-state index in [-0.39, 0.29) is 24.5 Å². The van der Waals surface area contributed by atoms with Crippen molar-refractivity contribution in [2.24, 2.45) is 0 Å². The summed E-state index contributed by atoms with van der Waals surface area (Å²) in [4.78, 5) is 23.6. The zero-order valence-electron chi connectivity index (χ0n) is 15.7. The van der Waals surface area contributed by atoms with E-state index in [2.05, 4.69) is 5.10 Å². The summed E-state index contributed by atoms with van der Waals surface area (Å²) in [5.41, 5.74) is 3.39. The summed E-state index contributed by atoms with van der Waals surface area (Å²) in [7, 11) is 0. The van der Waals surface area contributed by atoms with Gasteiger partial charge in [0.2, 0.25) is 0 Å². The molecular formula is C22H18FN3O3. The molecule has 0 spiro atoms.